The predicted octanol–water partition coefficient (Wildman–Crippen LogP) is 0.744. The van der Waals surface area contributed by atoms with Gasteiger partial charge < -0.3 is 9.64 Å². The molecule has 21 heavy (non-hydrogen) atoms. The monoisotopic (exact) mass is 307 g/mol. The molecule has 2 aromatic rings. The van der Waals surface area contributed by atoms with E-state index in [1.165, 1.54) is 11.5 Å². The number of carbonyl (C=O) groups is 1. The second-order valence-electron chi connectivity index (χ2n) is 5.15. The van der Waals surface area contributed by atoms with Crippen LogP contribution in [0.3, 0.4) is 0 Å². The molecule has 3 heterocycles. The molecular formula is C13H17N5O2S. The Balaban J connectivity index is 1.80. The quantitative estimate of drug-likeness (QED) is 0.833. The summed E-state index contributed by atoms with van der Waals surface area (Å²) < 4.78 is 11.1. The molecule has 1 fully saturated rings. The van der Waals surface area contributed by atoms with Crippen LogP contribution in [0, 0.1) is 0 Å². The third-order valence-corrected chi connectivity index (χ3v) is 4.33. The van der Waals surface area contributed by atoms with Crippen LogP contribution in [-0.2, 0) is 18.2 Å². The van der Waals surface area contributed by atoms with Gasteiger partial charge in [-0.3, -0.25) is 9.48 Å². The van der Waals surface area contributed by atoms with Gasteiger partial charge in [0.25, 0.3) is 5.91 Å². The number of aryl methyl sites for hydroxylation is 1. The summed E-state index contributed by atoms with van der Waals surface area (Å²) in [7, 11) is 3.58. The molecule has 0 radical (unpaired) electrons. The van der Waals surface area contributed by atoms with Crippen LogP contribution < -0.4 is 0 Å². The highest BCUT2D eigenvalue weighted by Gasteiger charge is 2.38. The lowest BCUT2D eigenvalue weighted by Gasteiger charge is -2.26. The Morgan fingerprint density at radius 3 is 3.05 bits per heavy atom. The molecule has 112 valence electrons. The first kappa shape index (κ1) is 14.2. The van der Waals surface area contributed by atoms with Crippen LogP contribution in [-0.4, -0.2) is 56.0 Å². The van der Waals surface area contributed by atoms with E-state index in [0.29, 0.717) is 12.2 Å². The zero-order valence-corrected chi connectivity index (χ0v) is 12.8. The Labute approximate surface area is 126 Å². The van der Waals surface area contributed by atoms with Crippen molar-refractivity contribution in [3.8, 4) is 0 Å². The number of hydrogen-bond acceptors (Lipinski definition) is 6. The molecule has 1 aliphatic heterocycles. The Hall–Kier alpha value is -1.80. The zero-order valence-electron chi connectivity index (χ0n) is 12.0. The molecule has 3 rings (SSSR count). The lowest BCUT2D eigenvalue weighted by atomic mass is 10.0. The summed E-state index contributed by atoms with van der Waals surface area (Å²) in [5, 5.41) is 9.74. The van der Waals surface area contributed by atoms with Crippen LogP contribution >= 0.6 is 11.5 Å². The number of carbonyl (C=O) groups excluding carboxylic acids is 1. The van der Waals surface area contributed by atoms with Crippen molar-refractivity contribution in [1.29, 1.82) is 0 Å². The van der Waals surface area contributed by atoms with Gasteiger partial charge in [-0.05, 0) is 29.9 Å². The molecule has 2 aromatic heterocycles. The van der Waals surface area contributed by atoms with E-state index < -0.39 is 0 Å². The van der Waals surface area contributed by atoms with E-state index in [9.17, 15) is 4.79 Å². The van der Waals surface area contributed by atoms with Crippen LogP contribution in [0.1, 0.15) is 22.5 Å². The Morgan fingerprint density at radius 1 is 1.57 bits per heavy atom. The van der Waals surface area contributed by atoms with Crippen LogP contribution in [0.25, 0.3) is 0 Å². The molecule has 1 amide bonds. The summed E-state index contributed by atoms with van der Waals surface area (Å²) in [6.07, 6.45) is 5.41. The minimum Gasteiger partial charge on any atom is -0.379 e. The number of likely N-dealkylation sites (tertiary alicyclic amines) is 1. The van der Waals surface area contributed by atoms with Crippen molar-refractivity contribution >= 4 is 17.4 Å². The van der Waals surface area contributed by atoms with Crippen molar-refractivity contribution < 1.29 is 9.53 Å². The van der Waals surface area contributed by atoms with Gasteiger partial charge in [-0.1, -0.05) is 4.49 Å². The molecule has 8 heteroatoms. The first-order valence-electron chi connectivity index (χ1n) is 6.77. The van der Waals surface area contributed by atoms with E-state index in [1.807, 2.05) is 24.3 Å². The molecule has 0 unspecified atom stereocenters. The standard InChI is InChI=1S/C13H17N5O2S/c1-17-7-9(6-14-17)5-11-12(20-2)3-4-18(11)13(19)10-8-21-16-15-10/h6-8,11-12H,3-5H2,1-2H3/t11-,12+/m0/s1. The summed E-state index contributed by atoms with van der Waals surface area (Å²) in [6, 6.07) is 0.00778. The van der Waals surface area contributed by atoms with Crippen molar-refractivity contribution in [2.24, 2.45) is 7.05 Å². The maximum absolute atomic E-state index is 12.5. The Morgan fingerprint density at radius 2 is 2.43 bits per heavy atom. The Kier molecular flexibility index (Phi) is 3.98. The number of aromatic nitrogens is 4. The van der Waals surface area contributed by atoms with Crippen LogP contribution in [0.5, 0.6) is 0 Å². The fourth-order valence-electron chi connectivity index (χ4n) is 2.82. The number of ether oxygens (including phenoxy) is 1. The number of nitrogens with zero attached hydrogens (tertiary/aromatic N) is 5. The summed E-state index contributed by atoms with van der Waals surface area (Å²) in [5.74, 6) is -0.0720. The minimum atomic E-state index is -0.0720. The SMILES string of the molecule is CO[C@@H]1CCN(C(=O)c2csnn2)[C@H]1Cc1cnn(C)c1. The number of amides is 1. The van der Waals surface area contributed by atoms with Crippen molar-refractivity contribution in [2.75, 3.05) is 13.7 Å². The largest absolute Gasteiger partial charge is 0.379 e. The second-order valence-corrected chi connectivity index (χ2v) is 5.76. The molecular weight excluding hydrogens is 290 g/mol. The lowest BCUT2D eigenvalue weighted by Crippen LogP contribution is -2.41. The van der Waals surface area contributed by atoms with Crippen molar-refractivity contribution in [2.45, 2.75) is 25.0 Å². The van der Waals surface area contributed by atoms with Gasteiger partial charge in [0.15, 0.2) is 5.69 Å². The molecule has 0 spiro atoms. The normalized spacial score (nSPS) is 21.9. The van der Waals surface area contributed by atoms with Gasteiger partial charge in [-0.2, -0.15) is 5.10 Å². The number of methoxy groups -OCH3 is 1. The van der Waals surface area contributed by atoms with Crippen molar-refractivity contribution in [3.05, 3.63) is 29.0 Å². The summed E-state index contributed by atoms with van der Waals surface area (Å²) in [5.41, 5.74) is 1.51. The van der Waals surface area contributed by atoms with E-state index >= 15 is 0 Å². The van der Waals surface area contributed by atoms with E-state index in [1.54, 1.807) is 17.2 Å². The van der Waals surface area contributed by atoms with E-state index in [-0.39, 0.29) is 18.1 Å². The fraction of sp³-hybridized carbons (Fsp3) is 0.538. The highest BCUT2D eigenvalue weighted by molar-refractivity contribution is 7.03. The van der Waals surface area contributed by atoms with Crippen molar-refractivity contribution in [1.82, 2.24) is 24.3 Å². The van der Waals surface area contributed by atoms with Crippen molar-refractivity contribution in [3.63, 3.8) is 0 Å². The van der Waals surface area contributed by atoms with Crippen LogP contribution in [0.2, 0.25) is 0 Å². The second kappa shape index (κ2) is 5.90. The first-order valence-corrected chi connectivity index (χ1v) is 7.61. The third-order valence-electron chi connectivity index (χ3n) is 3.83. The highest BCUT2D eigenvalue weighted by atomic mass is 32.1. The highest BCUT2D eigenvalue weighted by Crippen LogP contribution is 2.25. The lowest BCUT2D eigenvalue weighted by molar-refractivity contribution is 0.0504. The Bertz CT molecular complexity index is 612. The minimum absolute atomic E-state index is 0.00778. The van der Waals surface area contributed by atoms with E-state index in [4.69, 9.17) is 4.74 Å². The topological polar surface area (TPSA) is 73.1 Å². The van der Waals surface area contributed by atoms with Gasteiger partial charge in [-0.15, -0.1) is 5.10 Å². The van der Waals surface area contributed by atoms with E-state index in [2.05, 4.69) is 14.7 Å². The average Bonchev–Trinajstić information content (AvgIpc) is 3.19. The number of rotatable bonds is 4. The molecule has 0 N–H and O–H groups in total. The molecule has 0 aliphatic carbocycles. The third kappa shape index (κ3) is 2.81. The average molecular weight is 307 g/mol. The fourth-order valence-corrected chi connectivity index (χ4v) is 3.25. The van der Waals surface area contributed by atoms with Gasteiger partial charge in [0.2, 0.25) is 0 Å². The molecule has 2 atom stereocenters. The van der Waals surface area contributed by atoms with Gasteiger partial charge in [0.05, 0.1) is 18.3 Å². The van der Waals surface area contributed by atoms with Gasteiger partial charge in [0.1, 0.15) is 0 Å². The predicted molar refractivity (Wildman–Crippen MR) is 77.1 cm³/mol. The maximum atomic E-state index is 12.5. The molecule has 1 aliphatic rings. The molecule has 0 saturated carbocycles. The first-order chi connectivity index (χ1) is 10.2. The molecule has 7 nitrogen and oxygen atoms in total. The zero-order chi connectivity index (χ0) is 14.8. The summed E-state index contributed by atoms with van der Waals surface area (Å²) in [6.45, 7) is 0.680. The van der Waals surface area contributed by atoms with Gasteiger partial charge in [-0.25, -0.2) is 0 Å². The smallest absolute Gasteiger partial charge is 0.275 e. The van der Waals surface area contributed by atoms with Crippen LogP contribution in [0.15, 0.2) is 17.8 Å². The molecule has 1 saturated heterocycles. The molecule has 0 bridgehead atoms. The van der Waals surface area contributed by atoms with Gasteiger partial charge in [0, 0.05) is 32.3 Å². The number of hydrogen-bond donors (Lipinski definition) is 0. The van der Waals surface area contributed by atoms with Crippen LogP contribution in [0.4, 0.5) is 0 Å². The maximum Gasteiger partial charge on any atom is 0.275 e. The van der Waals surface area contributed by atoms with E-state index in [0.717, 1.165) is 18.4 Å². The molecule has 0 aromatic carbocycles. The summed E-state index contributed by atoms with van der Waals surface area (Å²) in [4.78, 5) is 14.4. The summed E-state index contributed by atoms with van der Waals surface area (Å²) >= 11 is 1.19. The van der Waals surface area contributed by atoms with Gasteiger partial charge >= 0.3 is 0 Å².